The van der Waals surface area contributed by atoms with Gasteiger partial charge in [-0.3, -0.25) is 4.79 Å². The zero-order valence-corrected chi connectivity index (χ0v) is 13.4. The largest absolute Gasteiger partial charge is 0.390 e. The number of nitrogens with zero attached hydrogens (tertiary/aromatic N) is 2. The van der Waals surface area contributed by atoms with Crippen LogP contribution in [0, 0.1) is 12.8 Å². The number of likely N-dealkylation sites (N-methyl/N-ethyl adjacent to an activating group) is 1. The van der Waals surface area contributed by atoms with Crippen molar-refractivity contribution in [1.29, 1.82) is 0 Å². The maximum absolute atomic E-state index is 12.4. The lowest BCUT2D eigenvalue weighted by Crippen LogP contribution is -2.37. The van der Waals surface area contributed by atoms with Crippen molar-refractivity contribution in [2.45, 2.75) is 45.1 Å². The third kappa shape index (κ3) is 3.32. The normalized spacial score (nSPS) is 21.5. The molecule has 1 amide bonds. The Morgan fingerprint density at radius 2 is 1.95 bits per heavy atom. The summed E-state index contributed by atoms with van der Waals surface area (Å²) in [6, 6.07) is 8.32. The fourth-order valence-corrected chi connectivity index (χ4v) is 3.32. The number of carbonyl (C=O) groups excluding carboxylic acids is 1. The Kier molecular flexibility index (Phi) is 4.46. The molecule has 0 aromatic heterocycles. The zero-order valence-electron chi connectivity index (χ0n) is 13.4. The number of carbonyl (C=O) groups is 1. The highest BCUT2D eigenvalue weighted by Gasteiger charge is 2.29. The minimum Gasteiger partial charge on any atom is -0.390 e. The molecule has 3 rings (SSSR count). The summed E-state index contributed by atoms with van der Waals surface area (Å²) in [4.78, 5) is 19.7. The Labute approximate surface area is 132 Å². The van der Waals surface area contributed by atoms with Crippen LogP contribution in [-0.2, 0) is 9.63 Å². The molecule has 4 heteroatoms. The van der Waals surface area contributed by atoms with Crippen molar-refractivity contribution < 1.29 is 9.63 Å². The quantitative estimate of drug-likeness (QED) is 0.857. The molecular weight excluding hydrogens is 276 g/mol. The number of hydrogen-bond donors (Lipinski definition) is 0. The lowest BCUT2D eigenvalue weighted by molar-refractivity contribution is -0.135. The summed E-state index contributed by atoms with van der Waals surface area (Å²) in [6.45, 7) is 2.69. The van der Waals surface area contributed by atoms with E-state index in [9.17, 15) is 4.79 Å². The molecule has 1 aliphatic carbocycles. The van der Waals surface area contributed by atoms with Gasteiger partial charge in [0.05, 0.1) is 12.3 Å². The predicted molar refractivity (Wildman–Crippen MR) is 86.8 cm³/mol. The van der Waals surface area contributed by atoms with Crippen LogP contribution in [0.1, 0.15) is 43.2 Å². The molecule has 22 heavy (non-hydrogen) atoms. The van der Waals surface area contributed by atoms with E-state index in [-0.39, 0.29) is 17.9 Å². The Morgan fingerprint density at radius 3 is 2.64 bits per heavy atom. The standard InChI is InChI=1S/C18H24N2O2/c1-13-7-9-14(10-8-13)17-11-16(22-19-17)12-20(2)18(21)15-5-3-4-6-15/h7-10,15-16H,3-6,11-12H2,1-2H3/t16-/m0/s1. The molecule has 1 aromatic rings. The van der Waals surface area contributed by atoms with Crippen LogP contribution in [0.25, 0.3) is 0 Å². The number of rotatable bonds is 4. The van der Waals surface area contributed by atoms with E-state index < -0.39 is 0 Å². The molecule has 1 aliphatic heterocycles. The second-order valence-corrected chi connectivity index (χ2v) is 6.54. The second kappa shape index (κ2) is 6.51. The van der Waals surface area contributed by atoms with E-state index in [0.29, 0.717) is 6.54 Å². The van der Waals surface area contributed by atoms with Crippen molar-refractivity contribution in [1.82, 2.24) is 4.90 Å². The molecular formula is C18H24N2O2. The third-order valence-corrected chi connectivity index (χ3v) is 4.68. The van der Waals surface area contributed by atoms with Gasteiger partial charge in [0.25, 0.3) is 0 Å². The van der Waals surface area contributed by atoms with Gasteiger partial charge in [-0.15, -0.1) is 0 Å². The van der Waals surface area contributed by atoms with E-state index in [0.717, 1.165) is 30.5 Å². The highest BCUT2D eigenvalue weighted by molar-refractivity contribution is 6.01. The van der Waals surface area contributed by atoms with Crippen molar-refractivity contribution in [3.05, 3.63) is 35.4 Å². The Bertz CT molecular complexity index is 559. The van der Waals surface area contributed by atoms with Gasteiger partial charge >= 0.3 is 0 Å². The average molecular weight is 300 g/mol. The fourth-order valence-electron chi connectivity index (χ4n) is 3.32. The summed E-state index contributed by atoms with van der Waals surface area (Å²) < 4.78 is 0. The molecule has 0 spiro atoms. The van der Waals surface area contributed by atoms with Gasteiger partial charge < -0.3 is 9.74 Å². The minimum atomic E-state index is -0.0216. The van der Waals surface area contributed by atoms with Crippen LogP contribution in [0.5, 0.6) is 0 Å². The summed E-state index contributed by atoms with van der Waals surface area (Å²) in [5.41, 5.74) is 3.33. The van der Waals surface area contributed by atoms with Gasteiger partial charge in [0.1, 0.15) is 0 Å². The van der Waals surface area contributed by atoms with E-state index in [2.05, 4.69) is 36.3 Å². The second-order valence-electron chi connectivity index (χ2n) is 6.54. The van der Waals surface area contributed by atoms with Crippen LogP contribution >= 0.6 is 0 Å². The molecule has 1 fully saturated rings. The van der Waals surface area contributed by atoms with Crippen LogP contribution < -0.4 is 0 Å². The molecule has 0 saturated heterocycles. The Morgan fingerprint density at radius 1 is 1.27 bits per heavy atom. The number of oxime groups is 1. The van der Waals surface area contributed by atoms with Crippen LogP contribution in [0.15, 0.2) is 29.4 Å². The summed E-state index contributed by atoms with van der Waals surface area (Å²) in [5, 5.41) is 4.21. The molecule has 1 saturated carbocycles. The van der Waals surface area contributed by atoms with Crippen molar-refractivity contribution >= 4 is 11.6 Å². The topological polar surface area (TPSA) is 41.9 Å². The minimum absolute atomic E-state index is 0.0216. The first-order valence-electron chi connectivity index (χ1n) is 8.18. The molecule has 0 bridgehead atoms. The zero-order chi connectivity index (χ0) is 15.5. The highest BCUT2D eigenvalue weighted by atomic mass is 16.6. The lowest BCUT2D eigenvalue weighted by Gasteiger charge is -2.23. The van der Waals surface area contributed by atoms with Crippen molar-refractivity contribution in [2.75, 3.05) is 13.6 Å². The SMILES string of the molecule is Cc1ccc(C2=NO[C@H](CN(C)C(=O)C3CCCC3)C2)cc1. The van der Waals surface area contributed by atoms with E-state index in [1.807, 2.05) is 11.9 Å². The van der Waals surface area contributed by atoms with Crippen molar-refractivity contribution in [2.24, 2.45) is 11.1 Å². The summed E-state index contributed by atoms with van der Waals surface area (Å²) in [7, 11) is 1.88. The molecule has 4 nitrogen and oxygen atoms in total. The van der Waals surface area contributed by atoms with E-state index in [4.69, 9.17) is 4.84 Å². The molecule has 118 valence electrons. The predicted octanol–water partition coefficient (Wildman–Crippen LogP) is 3.14. The van der Waals surface area contributed by atoms with E-state index in [1.165, 1.54) is 18.4 Å². The first-order valence-corrected chi connectivity index (χ1v) is 8.18. The van der Waals surface area contributed by atoms with Gasteiger partial charge in [0.2, 0.25) is 5.91 Å². The number of hydrogen-bond acceptors (Lipinski definition) is 3. The van der Waals surface area contributed by atoms with Gasteiger partial charge in [0.15, 0.2) is 6.10 Å². The van der Waals surface area contributed by atoms with E-state index >= 15 is 0 Å². The monoisotopic (exact) mass is 300 g/mol. The summed E-state index contributed by atoms with van der Waals surface area (Å²) in [5.74, 6) is 0.494. The third-order valence-electron chi connectivity index (χ3n) is 4.68. The molecule has 1 aromatic carbocycles. The van der Waals surface area contributed by atoms with Gasteiger partial charge in [-0.2, -0.15) is 0 Å². The summed E-state index contributed by atoms with van der Waals surface area (Å²) >= 11 is 0. The van der Waals surface area contributed by atoms with Crippen molar-refractivity contribution in [3.8, 4) is 0 Å². The number of benzene rings is 1. The number of aryl methyl sites for hydroxylation is 1. The number of amides is 1. The molecule has 0 radical (unpaired) electrons. The molecule has 1 atom stereocenters. The van der Waals surface area contributed by atoms with Gasteiger partial charge in [0, 0.05) is 19.4 Å². The molecule has 1 heterocycles. The highest BCUT2D eigenvalue weighted by Crippen LogP contribution is 2.27. The average Bonchev–Trinajstić information content (AvgIpc) is 3.18. The van der Waals surface area contributed by atoms with E-state index in [1.54, 1.807) is 0 Å². The van der Waals surface area contributed by atoms with Crippen LogP contribution in [0.2, 0.25) is 0 Å². The maximum Gasteiger partial charge on any atom is 0.225 e. The molecule has 0 unspecified atom stereocenters. The molecule has 0 N–H and O–H groups in total. The first-order chi connectivity index (χ1) is 10.6. The first kappa shape index (κ1) is 15.1. The summed E-state index contributed by atoms with van der Waals surface area (Å²) in [6.07, 6.45) is 5.20. The fraction of sp³-hybridized carbons (Fsp3) is 0.556. The Hall–Kier alpha value is -1.84. The van der Waals surface area contributed by atoms with Crippen LogP contribution in [0.3, 0.4) is 0 Å². The van der Waals surface area contributed by atoms with Crippen LogP contribution in [0.4, 0.5) is 0 Å². The smallest absolute Gasteiger partial charge is 0.225 e. The maximum atomic E-state index is 12.4. The lowest BCUT2D eigenvalue weighted by atomic mass is 10.0. The van der Waals surface area contributed by atoms with Gasteiger partial charge in [-0.25, -0.2) is 0 Å². The van der Waals surface area contributed by atoms with Gasteiger partial charge in [-0.05, 0) is 25.3 Å². The Balaban J connectivity index is 1.53. The molecule has 2 aliphatic rings. The van der Waals surface area contributed by atoms with Gasteiger partial charge in [-0.1, -0.05) is 47.8 Å². The van der Waals surface area contributed by atoms with Crippen LogP contribution in [-0.4, -0.2) is 36.2 Å². The van der Waals surface area contributed by atoms with Crippen molar-refractivity contribution in [3.63, 3.8) is 0 Å².